The van der Waals surface area contributed by atoms with E-state index in [1.54, 1.807) is 11.8 Å². The molecule has 0 saturated heterocycles. The first-order valence-electron chi connectivity index (χ1n) is 7.31. The van der Waals surface area contributed by atoms with Crippen LogP contribution in [0, 0.1) is 5.92 Å². The smallest absolute Gasteiger partial charge is 0.343 e. The minimum absolute atomic E-state index is 0.00657. The zero-order valence-electron chi connectivity index (χ0n) is 13.7. The average Bonchev–Trinajstić information content (AvgIpc) is 2.55. The molecule has 1 aromatic carbocycles. The number of nitrogens with zero attached hydrogens (tertiary/aromatic N) is 2. The predicted octanol–water partition coefficient (Wildman–Crippen LogP) is 3.07. The van der Waals surface area contributed by atoms with E-state index in [0.717, 1.165) is 10.5 Å². The SMILES string of the molecule is COC(=O)c1cc(-c2ccc(SC)cc2)nn(CC(C)C)c1=O. The van der Waals surface area contributed by atoms with E-state index in [9.17, 15) is 9.59 Å². The van der Waals surface area contributed by atoms with Gasteiger partial charge in [0.05, 0.1) is 12.8 Å². The van der Waals surface area contributed by atoms with Crippen LogP contribution in [0.15, 0.2) is 40.0 Å². The number of carbonyl (C=O) groups is 1. The Kier molecular flexibility index (Phi) is 5.60. The first-order valence-corrected chi connectivity index (χ1v) is 8.53. The van der Waals surface area contributed by atoms with Crippen LogP contribution in [0.1, 0.15) is 24.2 Å². The molecular formula is C17H20N2O3S. The van der Waals surface area contributed by atoms with Gasteiger partial charge in [0.2, 0.25) is 0 Å². The van der Waals surface area contributed by atoms with Crippen molar-refractivity contribution in [1.82, 2.24) is 9.78 Å². The zero-order valence-corrected chi connectivity index (χ0v) is 14.5. The van der Waals surface area contributed by atoms with Crippen molar-refractivity contribution in [2.24, 2.45) is 5.92 Å². The van der Waals surface area contributed by atoms with Crippen LogP contribution in [0.4, 0.5) is 0 Å². The van der Waals surface area contributed by atoms with E-state index in [2.05, 4.69) is 5.10 Å². The molecule has 1 aromatic heterocycles. The topological polar surface area (TPSA) is 61.2 Å². The molecule has 0 aliphatic heterocycles. The molecule has 0 atom stereocenters. The van der Waals surface area contributed by atoms with E-state index in [1.165, 1.54) is 17.9 Å². The van der Waals surface area contributed by atoms with E-state index < -0.39 is 11.5 Å². The summed E-state index contributed by atoms with van der Waals surface area (Å²) in [5.41, 5.74) is 1.02. The van der Waals surface area contributed by atoms with Gasteiger partial charge >= 0.3 is 5.97 Å². The van der Waals surface area contributed by atoms with Crippen molar-refractivity contribution in [3.05, 3.63) is 46.2 Å². The van der Waals surface area contributed by atoms with E-state index in [-0.39, 0.29) is 11.5 Å². The molecular weight excluding hydrogens is 312 g/mol. The number of thioether (sulfide) groups is 1. The van der Waals surface area contributed by atoms with Crippen molar-refractivity contribution < 1.29 is 9.53 Å². The van der Waals surface area contributed by atoms with Gasteiger partial charge in [-0.1, -0.05) is 26.0 Å². The van der Waals surface area contributed by atoms with E-state index in [1.807, 2.05) is 44.4 Å². The molecule has 2 aromatic rings. The molecule has 0 aliphatic carbocycles. The van der Waals surface area contributed by atoms with E-state index in [0.29, 0.717) is 12.2 Å². The third-order valence-electron chi connectivity index (χ3n) is 3.30. The summed E-state index contributed by atoms with van der Waals surface area (Å²) in [6, 6.07) is 9.33. The molecule has 0 N–H and O–H groups in total. The Labute approximate surface area is 139 Å². The second-order valence-corrected chi connectivity index (χ2v) is 6.42. The second kappa shape index (κ2) is 7.46. The Morgan fingerprint density at radius 3 is 2.48 bits per heavy atom. The fraction of sp³-hybridized carbons (Fsp3) is 0.353. The number of rotatable bonds is 5. The van der Waals surface area contributed by atoms with Crippen LogP contribution >= 0.6 is 11.8 Å². The minimum Gasteiger partial charge on any atom is -0.465 e. The molecule has 122 valence electrons. The molecule has 6 heteroatoms. The van der Waals surface area contributed by atoms with Crippen LogP contribution in [0.5, 0.6) is 0 Å². The minimum atomic E-state index is -0.642. The lowest BCUT2D eigenvalue weighted by molar-refractivity contribution is 0.0597. The fourth-order valence-electron chi connectivity index (χ4n) is 2.17. The molecule has 0 saturated carbocycles. The van der Waals surface area contributed by atoms with Crippen molar-refractivity contribution >= 4 is 17.7 Å². The van der Waals surface area contributed by atoms with Gasteiger partial charge in [0.1, 0.15) is 5.56 Å². The molecule has 0 fully saturated rings. The van der Waals surface area contributed by atoms with E-state index >= 15 is 0 Å². The number of aromatic nitrogens is 2. The van der Waals surface area contributed by atoms with Gasteiger partial charge in [-0.15, -0.1) is 11.8 Å². The molecule has 0 bridgehead atoms. The van der Waals surface area contributed by atoms with Crippen molar-refractivity contribution in [2.75, 3.05) is 13.4 Å². The summed E-state index contributed by atoms with van der Waals surface area (Å²) in [7, 11) is 1.27. The van der Waals surface area contributed by atoms with Gasteiger partial charge in [-0.25, -0.2) is 9.48 Å². The number of methoxy groups -OCH3 is 1. The molecule has 1 heterocycles. The Balaban J connectivity index is 2.57. The van der Waals surface area contributed by atoms with Crippen molar-refractivity contribution in [2.45, 2.75) is 25.3 Å². The molecule has 0 amide bonds. The standard InChI is InChI=1S/C17H20N2O3S/c1-11(2)10-19-16(20)14(17(21)22-3)9-15(18-19)12-5-7-13(23-4)8-6-12/h5-9,11H,10H2,1-4H3. The maximum atomic E-state index is 12.4. The van der Waals surface area contributed by atoms with Gasteiger partial charge in [0.15, 0.2) is 0 Å². The Morgan fingerprint density at radius 1 is 1.30 bits per heavy atom. The lowest BCUT2D eigenvalue weighted by Crippen LogP contribution is -2.30. The maximum Gasteiger partial charge on any atom is 0.343 e. The van der Waals surface area contributed by atoms with Crippen LogP contribution < -0.4 is 5.56 Å². The van der Waals surface area contributed by atoms with Gasteiger partial charge in [0, 0.05) is 17.0 Å². The summed E-state index contributed by atoms with van der Waals surface area (Å²) in [6.07, 6.45) is 2.01. The third kappa shape index (κ3) is 4.01. The molecule has 2 rings (SSSR count). The van der Waals surface area contributed by atoms with Gasteiger partial charge in [0.25, 0.3) is 5.56 Å². The first-order chi connectivity index (χ1) is 11.0. The van der Waals surface area contributed by atoms with Crippen LogP contribution in [0.25, 0.3) is 11.3 Å². The fourth-order valence-corrected chi connectivity index (χ4v) is 2.58. The van der Waals surface area contributed by atoms with Crippen LogP contribution in [0.3, 0.4) is 0 Å². The molecule has 0 aliphatic rings. The predicted molar refractivity (Wildman–Crippen MR) is 91.9 cm³/mol. The first kappa shape index (κ1) is 17.3. The Hall–Kier alpha value is -2.08. The van der Waals surface area contributed by atoms with Gasteiger partial charge < -0.3 is 4.74 Å². The lowest BCUT2D eigenvalue weighted by Gasteiger charge is -2.12. The largest absolute Gasteiger partial charge is 0.465 e. The van der Waals surface area contributed by atoms with Crippen molar-refractivity contribution in [3.63, 3.8) is 0 Å². The second-order valence-electron chi connectivity index (χ2n) is 5.54. The normalized spacial score (nSPS) is 10.8. The molecule has 0 radical (unpaired) electrons. The summed E-state index contributed by atoms with van der Waals surface area (Å²) in [6.45, 7) is 4.43. The summed E-state index contributed by atoms with van der Waals surface area (Å²) in [4.78, 5) is 25.4. The van der Waals surface area contributed by atoms with Crippen LogP contribution in [0.2, 0.25) is 0 Å². The number of hydrogen-bond donors (Lipinski definition) is 0. The quantitative estimate of drug-likeness (QED) is 0.622. The van der Waals surface area contributed by atoms with Crippen molar-refractivity contribution in [3.8, 4) is 11.3 Å². The Morgan fingerprint density at radius 2 is 1.96 bits per heavy atom. The Bertz CT molecular complexity index is 751. The lowest BCUT2D eigenvalue weighted by atomic mass is 10.1. The molecule has 5 nitrogen and oxygen atoms in total. The summed E-state index contributed by atoms with van der Waals surface area (Å²) in [5.74, 6) is -0.406. The number of hydrogen-bond acceptors (Lipinski definition) is 5. The van der Waals surface area contributed by atoms with Gasteiger partial charge in [-0.2, -0.15) is 5.10 Å². The van der Waals surface area contributed by atoms with E-state index in [4.69, 9.17) is 4.74 Å². The molecule has 0 unspecified atom stereocenters. The van der Waals surface area contributed by atoms with Crippen LogP contribution in [-0.4, -0.2) is 29.1 Å². The molecule has 0 spiro atoms. The highest BCUT2D eigenvalue weighted by atomic mass is 32.2. The van der Waals surface area contributed by atoms with Crippen molar-refractivity contribution in [1.29, 1.82) is 0 Å². The van der Waals surface area contributed by atoms with Gasteiger partial charge in [-0.05, 0) is 30.4 Å². The highest BCUT2D eigenvalue weighted by Crippen LogP contribution is 2.21. The maximum absolute atomic E-state index is 12.4. The third-order valence-corrected chi connectivity index (χ3v) is 4.05. The number of ether oxygens (including phenoxy) is 1. The summed E-state index contributed by atoms with van der Waals surface area (Å²) >= 11 is 1.65. The number of carbonyl (C=O) groups excluding carboxylic acids is 1. The number of benzene rings is 1. The monoisotopic (exact) mass is 332 g/mol. The average molecular weight is 332 g/mol. The van der Waals surface area contributed by atoms with Crippen LogP contribution in [-0.2, 0) is 11.3 Å². The highest BCUT2D eigenvalue weighted by Gasteiger charge is 2.17. The molecule has 23 heavy (non-hydrogen) atoms. The highest BCUT2D eigenvalue weighted by molar-refractivity contribution is 7.98. The summed E-state index contributed by atoms with van der Waals surface area (Å²) < 4.78 is 6.06. The number of esters is 1. The van der Waals surface area contributed by atoms with Gasteiger partial charge in [-0.3, -0.25) is 4.79 Å². The zero-order chi connectivity index (χ0) is 17.0. The summed E-state index contributed by atoms with van der Waals surface area (Å²) in [5, 5.41) is 4.41.